The number of allylic oxidation sites excluding steroid dienone is 2. The van der Waals surface area contributed by atoms with E-state index in [9.17, 15) is 9.18 Å². The van der Waals surface area contributed by atoms with Crippen molar-refractivity contribution in [1.82, 2.24) is 14.8 Å². The second-order valence-electron chi connectivity index (χ2n) is 8.24. The lowest BCUT2D eigenvalue weighted by atomic mass is 10.0. The molecule has 0 aliphatic carbocycles. The maximum atomic E-state index is 14.1. The molecule has 1 amide bonds. The van der Waals surface area contributed by atoms with Gasteiger partial charge in [-0.15, -0.1) is 5.10 Å². The van der Waals surface area contributed by atoms with Crippen LogP contribution in [0.25, 0.3) is 6.08 Å². The summed E-state index contributed by atoms with van der Waals surface area (Å²) < 4.78 is 15.8. The Bertz CT molecular complexity index is 1430. The topological polar surface area (TPSA) is 71.8 Å². The molecule has 0 bridgehead atoms. The molecule has 0 saturated heterocycles. The van der Waals surface area contributed by atoms with Gasteiger partial charge in [0.2, 0.25) is 11.1 Å². The highest BCUT2D eigenvalue weighted by molar-refractivity contribution is 7.98. The molecular formula is C28H24FN5OS. The number of thioether (sulfide) groups is 1. The molecule has 0 radical (unpaired) electrons. The summed E-state index contributed by atoms with van der Waals surface area (Å²) in [6, 6.07) is 25.4. The number of fused-ring (bicyclic) bond motifs is 1. The van der Waals surface area contributed by atoms with Crippen LogP contribution in [0, 0.1) is 5.82 Å². The molecule has 1 unspecified atom stereocenters. The minimum absolute atomic E-state index is 0.226. The number of amides is 1. The van der Waals surface area contributed by atoms with E-state index in [-0.39, 0.29) is 11.7 Å². The van der Waals surface area contributed by atoms with E-state index >= 15 is 0 Å². The van der Waals surface area contributed by atoms with E-state index in [1.54, 1.807) is 16.8 Å². The van der Waals surface area contributed by atoms with Crippen LogP contribution in [-0.4, -0.2) is 20.7 Å². The number of hydrogen-bond donors (Lipinski definition) is 2. The van der Waals surface area contributed by atoms with Gasteiger partial charge in [-0.3, -0.25) is 4.79 Å². The van der Waals surface area contributed by atoms with Gasteiger partial charge in [0.1, 0.15) is 11.9 Å². The fourth-order valence-corrected chi connectivity index (χ4v) is 4.77. The van der Waals surface area contributed by atoms with Crippen molar-refractivity contribution in [2.45, 2.75) is 23.9 Å². The SMILES string of the molecule is CC1=C(C(=O)Nc2ccccc2)C(/C=C/c2ccccc2)n2nc(SCc3ccccc3F)nc2N1. The lowest BCUT2D eigenvalue weighted by Gasteiger charge is -2.26. The predicted octanol–water partition coefficient (Wildman–Crippen LogP) is 6.30. The second-order valence-corrected chi connectivity index (χ2v) is 9.18. The quantitative estimate of drug-likeness (QED) is 0.293. The van der Waals surface area contributed by atoms with Crippen LogP contribution in [0.5, 0.6) is 0 Å². The smallest absolute Gasteiger partial charge is 0.255 e. The molecule has 1 aliphatic heterocycles. The number of rotatable bonds is 7. The van der Waals surface area contributed by atoms with Crippen LogP contribution in [0.3, 0.4) is 0 Å². The Labute approximate surface area is 213 Å². The summed E-state index contributed by atoms with van der Waals surface area (Å²) in [5, 5.41) is 11.4. The van der Waals surface area contributed by atoms with E-state index in [4.69, 9.17) is 0 Å². The van der Waals surface area contributed by atoms with E-state index < -0.39 is 6.04 Å². The molecule has 1 atom stereocenters. The summed E-state index contributed by atoms with van der Waals surface area (Å²) in [4.78, 5) is 18.0. The lowest BCUT2D eigenvalue weighted by molar-refractivity contribution is -0.113. The normalized spacial score (nSPS) is 15.0. The molecule has 0 spiro atoms. The van der Waals surface area contributed by atoms with Crippen molar-refractivity contribution in [3.05, 3.63) is 119 Å². The number of anilines is 2. The molecule has 2 N–H and O–H groups in total. The van der Waals surface area contributed by atoms with E-state index in [0.29, 0.717) is 39.4 Å². The summed E-state index contributed by atoms with van der Waals surface area (Å²) in [7, 11) is 0. The van der Waals surface area contributed by atoms with Gasteiger partial charge in [0, 0.05) is 17.1 Å². The monoisotopic (exact) mass is 497 g/mol. The Balaban J connectivity index is 1.46. The second kappa shape index (κ2) is 10.6. The largest absolute Gasteiger partial charge is 0.328 e. The molecule has 0 fully saturated rings. The van der Waals surface area contributed by atoms with Crippen LogP contribution in [0.4, 0.5) is 16.0 Å². The molecule has 0 saturated carbocycles. The fourth-order valence-electron chi connectivity index (χ4n) is 3.95. The number of halogens is 1. The Morgan fingerprint density at radius 3 is 2.50 bits per heavy atom. The predicted molar refractivity (Wildman–Crippen MR) is 142 cm³/mol. The van der Waals surface area contributed by atoms with E-state index in [0.717, 1.165) is 5.56 Å². The highest BCUT2D eigenvalue weighted by Gasteiger charge is 2.31. The van der Waals surface area contributed by atoms with Gasteiger partial charge in [-0.25, -0.2) is 9.07 Å². The molecule has 1 aliphatic rings. The fraction of sp³-hybridized carbons (Fsp3) is 0.107. The number of aromatic nitrogens is 3. The highest BCUT2D eigenvalue weighted by Crippen LogP contribution is 2.34. The van der Waals surface area contributed by atoms with Crippen LogP contribution in [0.2, 0.25) is 0 Å². The van der Waals surface area contributed by atoms with Crippen molar-refractivity contribution >= 4 is 35.4 Å². The van der Waals surface area contributed by atoms with Crippen LogP contribution in [-0.2, 0) is 10.5 Å². The lowest BCUT2D eigenvalue weighted by Crippen LogP contribution is -2.30. The average Bonchev–Trinajstić information content (AvgIpc) is 3.30. The first kappa shape index (κ1) is 23.6. The zero-order valence-electron chi connectivity index (χ0n) is 19.6. The summed E-state index contributed by atoms with van der Waals surface area (Å²) in [6.45, 7) is 1.85. The van der Waals surface area contributed by atoms with Crippen molar-refractivity contribution in [3.63, 3.8) is 0 Å². The summed E-state index contributed by atoms with van der Waals surface area (Å²) >= 11 is 1.34. The number of carbonyl (C=O) groups excluding carboxylic acids is 1. The molecule has 36 heavy (non-hydrogen) atoms. The molecule has 1 aromatic heterocycles. The maximum absolute atomic E-state index is 14.1. The molecular weight excluding hydrogens is 473 g/mol. The van der Waals surface area contributed by atoms with Gasteiger partial charge in [0.15, 0.2) is 0 Å². The Morgan fingerprint density at radius 2 is 1.75 bits per heavy atom. The van der Waals surface area contributed by atoms with Crippen molar-refractivity contribution in [2.24, 2.45) is 0 Å². The van der Waals surface area contributed by atoms with Crippen molar-refractivity contribution in [3.8, 4) is 0 Å². The highest BCUT2D eigenvalue weighted by atomic mass is 32.2. The molecule has 6 nitrogen and oxygen atoms in total. The van der Waals surface area contributed by atoms with Crippen molar-refractivity contribution in [1.29, 1.82) is 0 Å². The molecule has 8 heteroatoms. The molecule has 3 aromatic carbocycles. The first-order valence-corrected chi connectivity index (χ1v) is 12.5. The summed E-state index contributed by atoms with van der Waals surface area (Å²) in [6.07, 6.45) is 3.92. The minimum Gasteiger partial charge on any atom is -0.328 e. The number of nitrogens with one attached hydrogen (secondary N) is 2. The van der Waals surface area contributed by atoms with Gasteiger partial charge in [-0.05, 0) is 36.2 Å². The summed E-state index contributed by atoms with van der Waals surface area (Å²) in [5.41, 5.74) is 3.53. The molecule has 5 rings (SSSR count). The Hall–Kier alpha value is -4.17. The van der Waals surface area contributed by atoms with Gasteiger partial charge < -0.3 is 10.6 Å². The van der Waals surface area contributed by atoms with E-state index in [1.807, 2.05) is 85.8 Å². The third-order valence-electron chi connectivity index (χ3n) is 5.74. The van der Waals surface area contributed by atoms with Crippen molar-refractivity contribution in [2.75, 3.05) is 10.6 Å². The number of carbonyl (C=O) groups is 1. The number of para-hydroxylation sites is 1. The third-order valence-corrected chi connectivity index (χ3v) is 6.62. The van der Waals surface area contributed by atoms with Gasteiger partial charge in [-0.2, -0.15) is 4.98 Å². The zero-order chi connectivity index (χ0) is 24.9. The average molecular weight is 498 g/mol. The maximum Gasteiger partial charge on any atom is 0.255 e. The standard InChI is InChI=1S/C28H24FN5OS/c1-19-25(26(35)31-22-13-6-3-7-14-22)24(17-16-20-10-4-2-5-11-20)34-27(30-19)32-28(33-34)36-18-21-12-8-9-15-23(21)29/h2-17,24H,18H2,1H3,(H,31,35)(H,30,32,33)/b17-16+. The first-order valence-electron chi connectivity index (χ1n) is 11.5. The molecule has 180 valence electrons. The van der Waals surface area contributed by atoms with Crippen LogP contribution in [0.15, 0.2) is 107 Å². The number of benzene rings is 3. The Kier molecular flexibility index (Phi) is 6.95. The first-order chi connectivity index (χ1) is 17.6. The summed E-state index contributed by atoms with van der Waals surface area (Å²) in [5.74, 6) is 0.445. The Morgan fingerprint density at radius 1 is 1.06 bits per heavy atom. The third kappa shape index (κ3) is 5.23. The van der Waals surface area contributed by atoms with Gasteiger partial charge >= 0.3 is 0 Å². The van der Waals surface area contributed by atoms with E-state index in [1.165, 1.54) is 17.8 Å². The van der Waals surface area contributed by atoms with Gasteiger partial charge in [0.25, 0.3) is 5.91 Å². The molecule has 2 heterocycles. The van der Waals surface area contributed by atoms with Crippen molar-refractivity contribution < 1.29 is 9.18 Å². The zero-order valence-corrected chi connectivity index (χ0v) is 20.4. The van der Waals surface area contributed by atoms with Crippen LogP contribution < -0.4 is 10.6 Å². The van der Waals surface area contributed by atoms with Crippen LogP contribution in [0.1, 0.15) is 24.1 Å². The van der Waals surface area contributed by atoms with E-state index in [2.05, 4.69) is 20.7 Å². The minimum atomic E-state index is -0.486. The molecule has 4 aromatic rings. The number of nitrogens with zero attached hydrogens (tertiary/aromatic N) is 3. The van der Waals surface area contributed by atoms with Gasteiger partial charge in [0.05, 0.1) is 5.57 Å². The van der Waals surface area contributed by atoms with Gasteiger partial charge in [-0.1, -0.05) is 90.6 Å². The number of hydrogen-bond acceptors (Lipinski definition) is 5. The van der Waals surface area contributed by atoms with Crippen LogP contribution >= 0.6 is 11.8 Å².